The van der Waals surface area contributed by atoms with E-state index in [4.69, 9.17) is 34.7 Å². The molecule has 2 aromatic rings. The Morgan fingerprint density at radius 1 is 0.714 bits per heavy atom. The molecule has 0 atom stereocenters. The first-order chi connectivity index (χ1) is 13.2. The van der Waals surface area contributed by atoms with E-state index in [0.717, 1.165) is 69.4 Å². The fourth-order valence-electron chi connectivity index (χ4n) is 4.22. The van der Waals surface area contributed by atoms with Crippen LogP contribution in [0.4, 0.5) is 11.4 Å². The first-order valence-electron chi connectivity index (χ1n) is 9.73. The Bertz CT molecular complexity index is 894. The molecule has 0 fully saturated rings. The van der Waals surface area contributed by atoms with Gasteiger partial charge in [0.1, 0.15) is 0 Å². The van der Waals surface area contributed by atoms with Crippen molar-refractivity contribution in [3.63, 3.8) is 0 Å². The minimum Gasteiger partial charge on any atom is -0.398 e. The van der Waals surface area contributed by atoms with Crippen molar-refractivity contribution < 1.29 is 0 Å². The third kappa shape index (κ3) is 3.81. The van der Waals surface area contributed by atoms with Gasteiger partial charge in [-0.05, 0) is 97.9 Å². The van der Waals surface area contributed by atoms with Crippen molar-refractivity contribution >= 4 is 45.7 Å². The summed E-state index contributed by atoms with van der Waals surface area (Å²) in [5, 5.41) is 1.70. The number of hydrogen-bond donors (Lipinski definition) is 2. The van der Waals surface area contributed by atoms with Crippen molar-refractivity contribution in [3.05, 3.63) is 68.7 Å². The van der Waals surface area contributed by atoms with Gasteiger partial charge in [0.05, 0.1) is 0 Å². The summed E-state index contributed by atoms with van der Waals surface area (Å²) in [6.45, 7) is 11.8. The molecular formula is C24H28Cl2N2. The van der Waals surface area contributed by atoms with Crippen LogP contribution < -0.4 is 11.5 Å². The van der Waals surface area contributed by atoms with Crippen LogP contribution in [-0.4, -0.2) is 0 Å². The number of anilines is 2. The topological polar surface area (TPSA) is 52.0 Å². The van der Waals surface area contributed by atoms with Crippen molar-refractivity contribution in [2.75, 3.05) is 11.5 Å². The predicted molar refractivity (Wildman–Crippen MR) is 125 cm³/mol. The van der Waals surface area contributed by atoms with E-state index >= 15 is 0 Å². The summed E-state index contributed by atoms with van der Waals surface area (Å²) in [6.07, 6.45) is 6.57. The van der Waals surface area contributed by atoms with Crippen molar-refractivity contribution in [1.82, 2.24) is 0 Å². The van der Waals surface area contributed by atoms with Crippen molar-refractivity contribution in [2.24, 2.45) is 0 Å². The Hall–Kier alpha value is -1.90. The van der Waals surface area contributed by atoms with Gasteiger partial charge in [0.15, 0.2) is 0 Å². The van der Waals surface area contributed by atoms with Crippen LogP contribution in [-0.2, 0) is 25.7 Å². The normalized spacial score (nSPS) is 14.1. The number of nitrogen functional groups attached to an aromatic ring is 2. The lowest BCUT2D eigenvalue weighted by atomic mass is 9.99. The molecule has 0 radical (unpaired) electrons. The number of allylic oxidation sites excluding steroid dienone is 2. The maximum Gasteiger partial charge on any atom is 0.0448 e. The molecule has 0 spiro atoms. The molecule has 148 valence electrons. The van der Waals surface area contributed by atoms with E-state index in [1.54, 1.807) is 0 Å². The molecule has 2 aromatic carbocycles. The standard InChI is InChI=1S/2C12H14ClN/c2*1-7(2)10-6-11(13)8-4-3-5-9(8)12(10)14/h2*6H,1,3-5,14H2,2H3. The van der Waals surface area contributed by atoms with Gasteiger partial charge in [0, 0.05) is 32.5 Å². The van der Waals surface area contributed by atoms with Crippen molar-refractivity contribution in [3.8, 4) is 0 Å². The first-order valence-corrected chi connectivity index (χ1v) is 10.5. The molecule has 0 aromatic heterocycles. The molecule has 4 rings (SSSR count). The van der Waals surface area contributed by atoms with Crippen molar-refractivity contribution in [1.29, 1.82) is 0 Å². The molecule has 0 aliphatic heterocycles. The largest absolute Gasteiger partial charge is 0.398 e. The third-order valence-corrected chi connectivity index (χ3v) is 6.38. The van der Waals surface area contributed by atoms with Crippen LogP contribution in [0.15, 0.2) is 25.3 Å². The van der Waals surface area contributed by atoms with Gasteiger partial charge < -0.3 is 11.5 Å². The minimum atomic E-state index is 0.852. The summed E-state index contributed by atoms with van der Waals surface area (Å²) < 4.78 is 0. The molecule has 2 nitrogen and oxygen atoms in total. The molecule has 4 heteroatoms. The number of fused-ring (bicyclic) bond motifs is 2. The highest BCUT2D eigenvalue weighted by Crippen LogP contribution is 2.38. The minimum absolute atomic E-state index is 0.852. The van der Waals surface area contributed by atoms with Crippen LogP contribution in [0.1, 0.15) is 60.1 Å². The van der Waals surface area contributed by atoms with Gasteiger partial charge in [0.25, 0.3) is 0 Å². The third-order valence-electron chi connectivity index (χ3n) is 5.70. The zero-order chi connectivity index (χ0) is 20.6. The molecule has 0 amide bonds. The van der Waals surface area contributed by atoms with Crippen LogP contribution in [0.3, 0.4) is 0 Å². The maximum atomic E-state index is 6.19. The molecule has 0 unspecified atom stereocenters. The number of halogens is 2. The molecule has 2 aliphatic rings. The van der Waals surface area contributed by atoms with E-state index in [-0.39, 0.29) is 0 Å². The fourth-order valence-corrected chi connectivity index (χ4v) is 4.86. The van der Waals surface area contributed by atoms with E-state index in [1.165, 1.54) is 35.1 Å². The summed E-state index contributed by atoms with van der Waals surface area (Å²) in [7, 11) is 0. The monoisotopic (exact) mass is 414 g/mol. The van der Waals surface area contributed by atoms with Gasteiger partial charge in [-0.25, -0.2) is 0 Å². The predicted octanol–water partition coefficient (Wildman–Crippen LogP) is 6.89. The van der Waals surface area contributed by atoms with Crippen LogP contribution in [0.25, 0.3) is 11.1 Å². The van der Waals surface area contributed by atoms with Gasteiger partial charge in [-0.3, -0.25) is 0 Å². The summed E-state index contributed by atoms with van der Waals surface area (Å²) in [5.74, 6) is 0. The second-order valence-corrected chi connectivity index (χ2v) is 8.64. The quantitative estimate of drug-likeness (QED) is 0.525. The SMILES string of the molecule is C=C(C)c1cc(Cl)c2c(c1N)CCC2.C=C(C)c1cc(Cl)c2c(c1N)CCC2. The van der Waals surface area contributed by atoms with Gasteiger partial charge in [-0.2, -0.15) is 0 Å². The fraction of sp³-hybridized carbons (Fsp3) is 0.333. The highest BCUT2D eigenvalue weighted by atomic mass is 35.5. The molecule has 2 aliphatic carbocycles. The molecule has 28 heavy (non-hydrogen) atoms. The van der Waals surface area contributed by atoms with E-state index in [9.17, 15) is 0 Å². The van der Waals surface area contributed by atoms with E-state index in [0.29, 0.717) is 0 Å². The lowest BCUT2D eigenvalue weighted by molar-refractivity contribution is 0.912. The Morgan fingerprint density at radius 3 is 1.36 bits per heavy atom. The van der Waals surface area contributed by atoms with Gasteiger partial charge in [0.2, 0.25) is 0 Å². The Balaban J connectivity index is 0.000000161. The van der Waals surface area contributed by atoms with E-state index in [2.05, 4.69) is 13.2 Å². The molecular weight excluding hydrogens is 387 g/mol. The average Bonchev–Trinajstić information content (AvgIpc) is 3.31. The van der Waals surface area contributed by atoms with Crippen molar-refractivity contribution in [2.45, 2.75) is 52.4 Å². The number of hydrogen-bond acceptors (Lipinski definition) is 2. The zero-order valence-electron chi connectivity index (χ0n) is 16.7. The Kier molecular flexibility index (Phi) is 6.12. The lowest BCUT2D eigenvalue weighted by Crippen LogP contribution is -1.99. The van der Waals surface area contributed by atoms with E-state index < -0.39 is 0 Å². The molecule has 0 saturated carbocycles. The van der Waals surface area contributed by atoms with Crippen LogP contribution >= 0.6 is 23.2 Å². The first kappa shape index (κ1) is 20.8. The molecule has 0 heterocycles. The van der Waals surface area contributed by atoms with Gasteiger partial charge in [-0.15, -0.1) is 0 Å². The Morgan fingerprint density at radius 2 is 1.04 bits per heavy atom. The summed E-state index contributed by atoms with van der Waals surface area (Å²) in [4.78, 5) is 0. The maximum absolute atomic E-state index is 6.19. The van der Waals surface area contributed by atoms with Gasteiger partial charge >= 0.3 is 0 Å². The van der Waals surface area contributed by atoms with Crippen LogP contribution in [0.5, 0.6) is 0 Å². The highest BCUT2D eigenvalue weighted by molar-refractivity contribution is 6.32. The van der Waals surface area contributed by atoms with Crippen LogP contribution in [0, 0.1) is 0 Å². The second kappa shape index (κ2) is 8.23. The number of benzene rings is 2. The number of nitrogens with two attached hydrogens (primary N) is 2. The molecule has 4 N–H and O–H groups in total. The molecule has 0 saturated heterocycles. The van der Waals surface area contributed by atoms with Gasteiger partial charge in [-0.1, -0.05) is 36.4 Å². The van der Waals surface area contributed by atoms with Crippen LogP contribution in [0.2, 0.25) is 10.0 Å². The molecule has 0 bridgehead atoms. The average molecular weight is 415 g/mol. The lowest BCUT2D eigenvalue weighted by Gasteiger charge is -2.12. The highest BCUT2D eigenvalue weighted by Gasteiger charge is 2.20. The van der Waals surface area contributed by atoms with E-state index in [1.807, 2.05) is 26.0 Å². The summed E-state index contributed by atoms with van der Waals surface area (Å²) >= 11 is 12.4. The summed E-state index contributed by atoms with van der Waals surface area (Å²) in [5.41, 5.74) is 22.9. The smallest absolute Gasteiger partial charge is 0.0448 e. The second-order valence-electron chi connectivity index (χ2n) is 7.82. The zero-order valence-corrected chi connectivity index (χ0v) is 18.2. The summed E-state index contributed by atoms with van der Waals surface area (Å²) in [6, 6.07) is 3.90. The number of rotatable bonds is 2. The Labute approximate surface area is 178 Å².